The van der Waals surface area contributed by atoms with E-state index in [9.17, 15) is 9.90 Å². The molecular weight excluding hydrogens is 242 g/mol. The molecule has 1 aliphatic rings. The Balaban J connectivity index is 1.77. The maximum absolute atomic E-state index is 10.3. The van der Waals surface area contributed by atoms with Crippen LogP contribution in [-0.2, 0) is 17.6 Å². The smallest absolute Gasteiger partial charge is 0.303 e. The van der Waals surface area contributed by atoms with Gasteiger partial charge in [-0.2, -0.15) is 0 Å². The fraction of sp³-hybridized carbons (Fsp3) is 0.533. The van der Waals surface area contributed by atoms with Crippen LogP contribution in [0.5, 0.6) is 0 Å². The van der Waals surface area contributed by atoms with Crippen molar-refractivity contribution >= 4 is 5.97 Å². The van der Waals surface area contributed by atoms with E-state index in [1.807, 2.05) is 6.07 Å². The first-order valence-corrected chi connectivity index (χ1v) is 6.89. The first kappa shape index (κ1) is 14.0. The maximum Gasteiger partial charge on any atom is 0.303 e. The summed E-state index contributed by atoms with van der Waals surface area (Å²) < 4.78 is 0. The van der Waals surface area contributed by atoms with Gasteiger partial charge < -0.3 is 15.5 Å². The number of carboxylic acid groups (broad SMARTS) is 1. The topological polar surface area (TPSA) is 69.6 Å². The van der Waals surface area contributed by atoms with Crippen molar-refractivity contribution in [1.82, 2.24) is 5.32 Å². The lowest BCUT2D eigenvalue weighted by Crippen LogP contribution is -2.23. The van der Waals surface area contributed by atoms with Gasteiger partial charge in [0.2, 0.25) is 0 Å². The summed E-state index contributed by atoms with van der Waals surface area (Å²) in [5.41, 5.74) is 3.72. The molecule has 0 saturated heterocycles. The highest BCUT2D eigenvalue weighted by molar-refractivity contribution is 5.66. The average molecular weight is 263 g/mol. The largest absolute Gasteiger partial charge is 0.481 e. The average Bonchev–Trinajstić information content (AvgIpc) is 2.84. The number of rotatable bonds is 7. The van der Waals surface area contributed by atoms with Crippen molar-refractivity contribution in [2.45, 2.75) is 38.2 Å². The summed E-state index contributed by atoms with van der Waals surface area (Å²) in [7, 11) is 0. The molecule has 0 aromatic heterocycles. The second kappa shape index (κ2) is 6.68. The Bertz CT molecular complexity index is 445. The third-order valence-electron chi connectivity index (χ3n) is 3.59. The van der Waals surface area contributed by atoms with Gasteiger partial charge in [-0.05, 0) is 48.9 Å². The highest BCUT2D eigenvalue weighted by Gasteiger charge is 2.14. The van der Waals surface area contributed by atoms with Gasteiger partial charge >= 0.3 is 5.97 Å². The molecule has 2 rings (SSSR count). The van der Waals surface area contributed by atoms with E-state index >= 15 is 0 Å². The van der Waals surface area contributed by atoms with E-state index in [-0.39, 0.29) is 6.42 Å². The number of aliphatic hydroxyl groups excluding tert-OH is 1. The zero-order chi connectivity index (χ0) is 13.7. The molecular formula is C15H21NO3. The van der Waals surface area contributed by atoms with Crippen LogP contribution < -0.4 is 5.32 Å². The SMILES string of the molecule is O=C(O)CCCNCC(O)c1ccc2c(c1)CCC2. The molecule has 0 heterocycles. The summed E-state index contributed by atoms with van der Waals surface area (Å²) in [5.74, 6) is -0.777. The number of carboxylic acids is 1. The summed E-state index contributed by atoms with van der Waals surface area (Å²) in [6.07, 6.45) is 3.72. The van der Waals surface area contributed by atoms with E-state index in [4.69, 9.17) is 5.11 Å². The Kier molecular flexibility index (Phi) is 4.93. The molecule has 104 valence electrons. The Morgan fingerprint density at radius 2 is 2.11 bits per heavy atom. The highest BCUT2D eigenvalue weighted by atomic mass is 16.4. The number of carbonyl (C=O) groups is 1. The standard InChI is InChI=1S/C15H21NO3/c17-14(10-16-8-2-5-15(18)19)13-7-6-11-3-1-4-12(11)9-13/h6-7,9,14,16-17H,1-5,8,10H2,(H,18,19). The van der Waals surface area contributed by atoms with Crippen molar-refractivity contribution in [2.75, 3.05) is 13.1 Å². The fourth-order valence-corrected chi connectivity index (χ4v) is 2.52. The number of hydrogen-bond acceptors (Lipinski definition) is 3. The van der Waals surface area contributed by atoms with Crippen molar-refractivity contribution in [3.8, 4) is 0 Å². The van der Waals surface area contributed by atoms with Gasteiger partial charge in [0.15, 0.2) is 0 Å². The zero-order valence-electron chi connectivity index (χ0n) is 11.1. The summed E-state index contributed by atoms with van der Waals surface area (Å²) in [6.45, 7) is 1.09. The van der Waals surface area contributed by atoms with Crippen LogP contribution in [0.2, 0.25) is 0 Å². The van der Waals surface area contributed by atoms with Gasteiger partial charge in [0.1, 0.15) is 0 Å². The Morgan fingerprint density at radius 1 is 1.32 bits per heavy atom. The number of fused-ring (bicyclic) bond motifs is 1. The van der Waals surface area contributed by atoms with Crippen LogP contribution >= 0.6 is 0 Å². The molecule has 0 aliphatic heterocycles. The van der Waals surface area contributed by atoms with Crippen molar-refractivity contribution < 1.29 is 15.0 Å². The van der Waals surface area contributed by atoms with E-state index in [0.717, 1.165) is 18.4 Å². The van der Waals surface area contributed by atoms with Crippen LogP contribution in [0.4, 0.5) is 0 Å². The molecule has 0 fully saturated rings. The highest BCUT2D eigenvalue weighted by Crippen LogP contribution is 2.25. The third kappa shape index (κ3) is 4.04. The van der Waals surface area contributed by atoms with Crippen molar-refractivity contribution in [1.29, 1.82) is 0 Å². The lowest BCUT2D eigenvalue weighted by Gasteiger charge is -2.13. The first-order chi connectivity index (χ1) is 9.16. The second-order valence-corrected chi connectivity index (χ2v) is 5.10. The molecule has 0 radical (unpaired) electrons. The van der Waals surface area contributed by atoms with Gasteiger partial charge in [0.05, 0.1) is 6.10 Å². The fourth-order valence-electron chi connectivity index (χ4n) is 2.52. The molecule has 1 aromatic carbocycles. The van der Waals surface area contributed by atoms with Crippen LogP contribution in [0.15, 0.2) is 18.2 Å². The van der Waals surface area contributed by atoms with Gasteiger partial charge in [0.25, 0.3) is 0 Å². The molecule has 1 unspecified atom stereocenters. The van der Waals surface area contributed by atoms with Gasteiger partial charge in [-0.3, -0.25) is 4.79 Å². The zero-order valence-corrected chi connectivity index (χ0v) is 11.1. The minimum atomic E-state index is -0.777. The quantitative estimate of drug-likeness (QED) is 0.654. The van der Waals surface area contributed by atoms with Crippen LogP contribution in [0.1, 0.15) is 42.1 Å². The van der Waals surface area contributed by atoms with E-state index in [1.165, 1.54) is 17.5 Å². The van der Waals surface area contributed by atoms with E-state index < -0.39 is 12.1 Å². The lowest BCUT2D eigenvalue weighted by atomic mass is 10.0. The normalized spacial score (nSPS) is 15.2. The van der Waals surface area contributed by atoms with Crippen LogP contribution in [0, 0.1) is 0 Å². The van der Waals surface area contributed by atoms with Crippen molar-refractivity contribution in [3.05, 3.63) is 34.9 Å². The molecule has 3 N–H and O–H groups in total. The molecule has 1 atom stereocenters. The molecule has 1 aliphatic carbocycles. The maximum atomic E-state index is 10.3. The monoisotopic (exact) mass is 263 g/mol. The number of benzene rings is 1. The molecule has 4 heteroatoms. The van der Waals surface area contributed by atoms with Crippen LogP contribution in [0.25, 0.3) is 0 Å². The molecule has 0 spiro atoms. The lowest BCUT2D eigenvalue weighted by molar-refractivity contribution is -0.137. The van der Waals surface area contributed by atoms with Crippen LogP contribution in [0.3, 0.4) is 0 Å². The molecule has 0 amide bonds. The van der Waals surface area contributed by atoms with E-state index in [0.29, 0.717) is 19.5 Å². The van der Waals surface area contributed by atoms with E-state index in [1.54, 1.807) is 0 Å². The molecule has 4 nitrogen and oxygen atoms in total. The Labute approximate surface area is 113 Å². The minimum Gasteiger partial charge on any atom is -0.481 e. The molecule has 0 saturated carbocycles. The van der Waals surface area contributed by atoms with Crippen molar-refractivity contribution in [2.24, 2.45) is 0 Å². The number of aryl methyl sites for hydroxylation is 2. The molecule has 1 aromatic rings. The number of nitrogens with one attached hydrogen (secondary N) is 1. The number of aliphatic carboxylic acids is 1. The Morgan fingerprint density at radius 3 is 2.89 bits per heavy atom. The van der Waals surface area contributed by atoms with Gasteiger partial charge in [-0.15, -0.1) is 0 Å². The van der Waals surface area contributed by atoms with E-state index in [2.05, 4.69) is 17.4 Å². The van der Waals surface area contributed by atoms with Crippen LogP contribution in [-0.4, -0.2) is 29.3 Å². The predicted molar refractivity (Wildman–Crippen MR) is 73.2 cm³/mol. The summed E-state index contributed by atoms with van der Waals surface area (Å²) in [4.78, 5) is 10.3. The Hall–Kier alpha value is -1.39. The number of hydrogen-bond donors (Lipinski definition) is 3. The van der Waals surface area contributed by atoms with Crippen molar-refractivity contribution in [3.63, 3.8) is 0 Å². The second-order valence-electron chi connectivity index (χ2n) is 5.10. The number of aliphatic hydroxyl groups is 1. The summed E-state index contributed by atoms with van der Waals surface area (Å²) in [6, 6.07) is 6.21. The van der Waals surface area contributed by atoms with Gasteiger partial charge in [-0.25, -0.2) is 0 Å². The molecule has 19 heavy (non-hydrogen) atoms. The van der Waals surface area contributed by atoms with Gasteiger partial charge in [0, 0.05) is 13.0 Å². The first-order valence-electron chi connectivity index (χ1n) is 6.89. The predicted octanol–water partition coefficient (Wildman–Crippen LogP) is 1.66. The minimum absolute atomic E-state index is 0.169. The summed E-state index contributed by atoms with van der Waals surface area (Å²) >= 11 is 0. The third-order valence-corrected chi connectivity index (χ3v) is 3.59. The van der Waals surface area contributed by atoms with Gasteiger partial charge in [-0.1, -0.05) is 18.2 Å². The summed E-state index contributed by atoms with van der Waals surface area (Å²) in [5, 5.41) is 21.7. The molecule has 0 bridgehead atoms.